The molecule has 0 aromatic heterocycles. The SMILES string of the molecule is COC(=O)c1ccc(N2C(=O)CC(N(CCc3cccc(Cl)c3)C(=O)C3CC3)C2=O)cc1. The Hall–Kier alpha value is -3.19. The molecule has 1 saturated heterocycles. The molecular weight excluding hydrogens is 432 g/mol. The standard InChI is InChI=1S/C24H23ClN2O5/c1-32-24(31)17-7-9-19(10-8-17)27-21(28)14-20(23(27)30)26(22(29)16-5-6-16)12-11-15-3-2-4-18(25)13-15/h2-4,7-10,13,16,20H,5-6,11-12,14H2,1H3. The van der Waals surface area contributed by atoms with Crippen LogP contribution in [0.3, 0.4) is 0 Å². The van der Waals surface area contributed by atoms with Gasteiger partial charge in [0.25, 0.3) is 5.91 Å². The summed E-state index contributed by atoms with van der Waals surface area (Å²) in [7, 11) is 1.28. The number of hydrogen-bond acceptors (Lipinski definition) is 5. The van der Waals surface area contributed by atoms with Crippen LogP contribution in [-0.4, -0.2) is 48.3 Å². The van der Waals surface area contributed by atoms with Crippen molar-refractivity contribution in [1.82, 2.24) is 4.90 Å². The van der Waals surface area contributed by atoms with Gasteiger partial charge in [0.1, 0.15) is 6.04 Å². The maximum absolute atomic E-state index is 13.2. The molecule has 3 amide bonds. The normalized spacial score (nSPS) is 18.1. The number of rotatable bonds is 7. The molecule has 2 aliphatic rings. The third-order valence-corrected chi connectivity index (χ3v) is 6.02. The Morgan fingerprint density at radius 1 is 1.12 bits per heavy atom. The van der Waals surface area contributed by atoms with E-state index in [1.165, 1.54) is 31.4 Å². The predicted molar refractivity (Wildman–Crippen MR) is 118 cm³/mol. The molecule has 0 N–H and O–H groups in total. The van der Waals surface area contributed by atoms with Gasteiger partial charge in [-0.1, -0.05) is 23.7 Å². The Kier molecular flexibility index (Phi) is 6.28. The molecule has 1 saturated carbocycles. The van der Waals surface area contributed by atoms with Crippen molar-refractivity contribution in [3.05, 3.63) is 64.7 Å². The average Bonchev–Trinajstić information content (AvgIpc) is 3.59. The number of imide groups is 1. The molecule has 166 valence electrons. The molecule has 7 nitrogen and oxygen atoms in total. The highest BCUT2D eigenvalue weighted by Gasteiger charge is 2.46. The summed E-state index contributed by atoms with van der Waals surface area (Å²) in [5, 5.41) is 0.608. The largest absolute Gasteiger partial charge is 0.465 e. The second kappa shape index (κ2) is 9.12. The molecule has 8 heteroatoms. The molecule has 1 heterocycles. The number of ether oxygens (including phenoxy) is 1. The summed E-state index contributed by atoms with van der Waals surface area (Å²) >= 11 is 6.06. The first-order chi connectivity index (χ1) is 15.4. The monoisotopic (exact) mass is 454 g/mol. The lowest BCUT2D eigenvalue weighted by atomic mass is 10.1. The second-order valence-corrected chi connectivity index (χ2v) is 8.45. The minimum absolute atomic E-state index is 0.0639. The molecule has 0 spiro atoms. The lowest BCUT2D eigenvalue weighted by molar-refractivity contribution is -0.139. The van der Waals surface area contributed by atoms with Crippen molar-refractivity contribution in [3.63, 3.8) is 0 Å². The second-order valence-electron chi connectivity index (χ2n) is 8.01. The van der Waals surface area contributed by atoms with Gasteiger partial charge in [-0.05, 0) is 61.2 Å². The van der Waals surface area contributed by atoms with Crippen molar-refractivity contribution >= 4 is 41.0 Å². The van der Waals surface area contributed by atoms with E-state index in [1.54, 1.807) is 11.0 Å². The topological polar surface area (TPSA) is 84.0 Å². The maximum atomic E-state index is 13.2. The van der Waals surface area contributed by atoms with Crippen LogP contribution in [0.2, 0.25) is 5.02 Å². The molecule has 32 heavy (non-hydrogen) atoms. The zero-order chi connectivity index (χ0) is 22.8. The molecule has 0 bridgehead atoms. The molecule has 2 aromatic carbocycles. The molecule has 1 unspecified atom stereocenters. The first-order valence-corrected chi connectivity index (χ1v) is 10.9. The molecule has 4 rings (SSSR count). The van der Waals surface area contributed by atoms with E-state index in [1.807, 2.05) is 18.2 Å². The van der Waals surface area contributed by atoms with Gasteiger partial charge in [-0.2, -0.15) is 0 Å². The lowest BCUT2D eigenvalue weighted by Gasteiger charge is -2.28. The third kappa shape index (κ3) is 4.53. The highest BCUT2D eigenvalue weighted by molar-refractivity contribution is 6.30. The van der Waals surface area contributed by atoms with Crippen LogP contribution in [0.5, 0.6) is 0 Å². The molecule has 1 atom stereocenters. The van der Waals surface area contributed by atoms with Gasteiger partial charge in [-0.15, -0.1) is 0 Å². The molecule has 1 aliphatic carbocycles. The maximum Gasteiger partial charge on any atom is 0.337 e. The third-order valence-electron chi connectivity index (χ3n) is 5.79. The summed E-state index contributed by atoms with van der Waals surface area (Å²) in [4.78, 5) is 53.3. The van der Waals surface area contributed by atoms with Crippen LogP contribution in [0.15, 0.2) is 48.5 Å². The summed E-state index contributed by atoms with van der Waals surface area (Å²) in [5.74, 6) is -1.47. The minimum Gasteiger partial charge on any atom is -0.465 e. The van der Waals surface area contributed by atoms with Gasteiger partial charge in [0.2, 0.25) is 11.8 Å². The number of methoxy groups -OCH3 is 1. The van der Waals surface area contributed by atoms with Crippen LogP contribution >= 0.6 is 11.6 Å². The smallest absolute Gasteiger partial charge is 0.337 e. The predicted octanol–water partition coefficient (Wildman–Crippen LogP) is 3.24. The van der Waals surface area contributed by atoms with Crippen molar-refractivity contribution in [1.29, 1.82) is 0 Å². The zero-order valence-electron chi connectivity index (χ0n) is 17.6. The number of esters is 1. The number of amides is 3. The fraction of sp³-hybridized carbons (Fsp3) is 0.333. The van der Waals surface area contributed by atoms with Gasteiger partial charge in [-0.25, -0.2) is 9.69 Å². The number of carbonyl (C=O) groups excluding carboxylic acids is 4. The fourth-order valence-electron chi connectivity index (χ4n) is 3.92. The summed E-state index contributed by atoms with van der Waals surface area (Å²) in [6, 6.07) is 12.6. The number of carbonyl (C=O) groups is 4. The molecule has 0 radical (unpaired) electrons. The van der Waals surface area contributed by atoms with Gasteiger partial charge < -0.3 is 9.64 Å². The minimum atomic E-state index is -0.838. The highest BCUT2D eigenvalue weighted by Crippen LogP contribution is 2.34. The van der Waals surface area contributed by atoms with Crippen LogP contribution in [0.25, 0.3) is 0 Å². The van der Waals surface area contributed by atoms with Crippen LogP contribution in [-0.2, 0) is 25.5 Å². The highest BCUT2D eigenvalue weighted by atomic mass is 35.5. The van der Waals surface area contributed by atoms with E-state index < -0.39 is 17.9 Å². The molecule has 1 aliphatic heterocycles. The summed E-state index contributed by atoms with van der Waals surface area (Å²) < 4.78 is 4.68. The Bertz CT molecular complexity index is 1060. The van der Waals surface area contributed by atoms with Gasteiger partial charge in [-0.3, -0.25) is 14.4 Å². The van der Waals surface area contributed by atoms with Crippen molar-refractivity contribution in [2.24, 2.45) is 5.92 Å². The summed E-state index contributed by atoms with van der Waals surface area (Å²) in [6.07, 6.45) is 2.08. The van der Waals surface area contributed by atoms with Crippen LogP contribution in [0.4, 0.5) is 5.69 Å². The number of nitrogens with zero attached hydrogens (tertiary/aromatic N) is 2. The van der Waals surface area contributed by atoms with Crippen LogP contribution < -0.4 is 4.90 Å². The van der Waals surface area contributed by atoms with E-state index in [2.05, 4.69) is 4.74 Å². The zero-order valence-corrected chi connectivity index (χ0v) is 18.4. The number of benzene rings is 2. The number of hydrogen-bond donors (Lipinski definition) is 0. The van der Waals surface area contributed by atoms with Gasteiger partial charge in [0.15, 0.2) is 0 Å². The Morgan fingerprint density at radius 3 is 2.47 bits per heavy atom. The first-order valence-electron chi connectivity index (χ1n) is 10.5. The molecule has 2 fully saturated rings. The molecular formula is C24H23ClN2O5. The average molecular weight is 455 g/mol. The van der Waals surface area contributed by atoms with E-state index in [0.29, 0.717) is 29.2 Å². The van der Waals surface area contributed by atoms with Gasteiger partial charge in [0, 0.05) is 17.5 Å². The number of anilines is 1. The Labute approximate surface area is 190 Å². The van der Waals surface area contributed by atoms with E-state index >= 15 is 0 Å². The van der Waals surface area contributed by atoms with Crippen LogP contribution in [0.1, 0.15) is 35.2 Å². The van der Waals surface area contributed by atoms with Crippen molar-refractivity contribution in [2.75, 3.05) is 18.6 Å². The first kappa shape index (κ1) is 22.0. The number of halogens is 1. The van der Waals surface area contributed by atoms with Crippen molar-refractivity contribution < 1.29 is 23.9 Å². The fourth-order valence-corrected chi connectivity index (χ4v) is 4.13. The van der Waals surface area contributed by atoms with E-state index in [-0.39, 0.29) is 24.2 Å². The summed E-state index contributed by atoms with van der Waals surface area (Å²) in [5.41, 5.74) is 1.64. The van der Waals surface area contributed by atoms with E-state index in [0.717, 1.165) is 23.3 Å². The summed E-state index contributed by atoms with van der Waals surface area (Å²) in [6.45, 7) is 0.328. The van der Waals surface area contributed by atoms with Crippen LogP contribution in [0, 0.1) is 5.92 Å². The molecule has 2 aromatic rings. The van der Waals surface area contributed by atoms with Crippen molar-refractivity contribution in [3.8, 4) is 0 Å². The van der Waals surface area contributed by atoms with Gasteiger partial charge in [0.05, 0.1) is 24.8 Å². The Morgan fingerprint density at radius 2 is 1.84 bits per heavy atom. The van der Waals surface area contributed by atoms with E-state index in [9.17, 15) is 19.2 Å². The van der Waals surface area contributed by atoms with Crippen molar-refractivity contribution in [2.45, 2.75) is 31.7 Å². The van der Waals surface area contributed by atoms with Gasteiger partial charge >= 0.3 is 5.97 Å². The lowest BCUT2D eigenvalue weighted by Crippen LogP contribution is -2.47. The van der Waals surface area contributed by atoms with E-state index in [4.69, 9.17) is 11.6 Å². The quantitative estimate of drug-likeness (QED) is 0.473. The Balaban J connectivity index is 1.54.